The summed E-state index contributed by atoms with van der Waals surface area (Å²) >= 11 is 0. The minimum absolute atomic E-state index is 0.139. The Balaban J connectivity index is 1.58. The normalized spacial score (nSPS) is 19.4. The van der Waals surface area contributed by atoms with Crippen LogP contribution in [-0.2, 0) is 27.9 Å². The zero-order chi connectivity index (χ0) is 18.9. The van der Waals surface area contributed by atoms with Gasteiger partial charge in [-0.3, -0.25) is 0 Å². The monoisotopic (exact) mass is 394 g/mol. The average Bonchev–Trinajstić information content (AvgIpc) is 2.91. The molecule has 0 saturated carbocycles. The molecule has 0 bridgehead atoms. The van der Waals surface area contributed by atoms with Gasteiger partial charge in [0.2, 0.25) is 10.0 Å². The fourth-order valence-electron chi connectivity index (χ4n) is 3.27. The van der Waals surface area contributed by atoms with Gasteiger partial charge in [0.25, 0.3) is 0 Å². The predicted octanol–water partition coefficient (Wildman–Crippen LogP) is 1.40. The van der Waals surface area contributed by atoms with E-state index in [0.717, 1.165) is 12.8 Å². The van der Waals surface area contributed by atoms with Crippen LogP contribution in [0.5, 0.6) is 11.5 Å². The maximum atomic E-state index is 12.9. The lowest BCUT2D eigenvalue weighted by molar-refractivity contribution is 0.177. The topological polar surface area (TPSA) is 105 Å². The number of nitrogens with one attached hydrogen (secondary N) is 1. The number of fused-ring (bicyclic) bond motifs is 2. The van der Waals surface area contributed by atoms with Crippen LogP contribution in [0.2, 0.25) is 0 Å². The molecule has 4 rings (SSSR count). The highest BCUT2D eigenvalue weighted by molar-refractivity contribution is 7.89. The van der Waals surface area contributed by atoms with Crippen LogP contribution in [-0.4, -0.2) is 43.5 Å². The minimum Gasteiger partial charge on any atom is -0.490 e. The highest BCUT2D eigenvalue weighted by Crippen LogP contribution is 2.33. The van der Waals surface area contributed by atoms with E-state index in [1.165, 1.54) is 12.1 Å². The number of methoxy groups -OCH3 is 1. The number of nitrogens with zero attached hydrogens (tertiary/aromatic N) is 3. The van der Waals surface area contributed by atoms with Crippen LogP contribution < -0.4 is 14.2 Å². The molecule has 1 atom stereocenters. The van der Waals surface area contributed by atoms with E-state index in [1.807, 2.05) is 0 Å². The molecule has 0 aliphatic carbocycles. The Labute approximate surface area is 157 Å². The van der Waals surface area contributed by atoms with Gasteiger partial charge in [0, 0.05) is 26.1 Å². The lowest BCUT2D eigenvalue weighted by Crippen LogP contribution is -2.33. The second-order valence-electron chi connectivity index (χ2n) is 6.52. The van der Waals surface area contributed by atoms with Gasteiger partial charge in [-0.25, -0.2) is 22.8 Å². The van der Waals surface area contributed by atoms with E-state index in [1.54, 1.807) is 17.9 Å². The number of ether oxygens (including phenoxy) is 3. The van der Waals surface area contributed by atoms with Crippen molar-refractivity contribution >= 4 is 10.0 Å². The van der Waals surface area contributed by atoms with Crippen molar-refractivity contribution in [1.82, 2.24) is 19.5 Å². The van der Waals surface area contributed by atoms with Gasteiger partial charge in [-0.05, 0) is 25.0 Å². The van der Waals surface area contributed by atoms with Crippen LogP contribution in [0.1, 0.15) is 37.0 Å². The zero-order valence-corrected chi connectivity index (χ0v) is 15.9. The quantitative estimate of drug-likeness (QED) is 0.817. The molecule has 3 heterocycles. The first-order valence-corrected chi connectivity index (χ1v) is 10.4. The van der Waals surface area contributed by atoms with Crippen molar-refractivity contribution in [3.63, 3.8) is 0 Å². The number of rotatable bonds is 5. The van der Waals surface area contributed by atoms with Gasteiger partial charge in [0.05, 0.1) is 24.2 Å². The summed E-state index contributed by atoms with van der Waals surface area (Å²) in [5.41, 5.74) is 0. The van der Waals surface area contributed by atoms with E-state index in [0.29, 0.717) is 55.9 Å². The molecule has 27 heavy (non-hydrogen) atoms. The van der Waals surface area contributed by atoms with Crippen LogP contribution in [0.15, 0.2) is 23.1 Å². The van der Waals surface area contributed by atoms with Gasteiger partial charge in [0.1, 0.15) is 12.4 Å². The minimum atomic E-state index is -3.75. The largest absolute Gasteiger partial charge is 0.490 e. The summed E-state index contributed by atoms with van der Waals surface area (Å²) in [7, 11) is -2.18. The second kappa shape index (κ2) is 7.45. The summed E-state index contributed by atoms with van der Waals surface area (Å²) in [5.74, 6) is 2.18. The molecule has 2 aliphatic rings. The number of hydrogen-bond acceptors (Lipinski definition) is 7. The summed E-state index contributed by atoms with van der Waals surface area (Å²) < 4.78 is 46.6. The lowest BCUT2D eigenvalue weighted by Gasteiger charge is -2.23. The predicted molar refractivity (Wildman–Crippen MR) is 95.1 cm³/mol. The van der Waals surface area contributed by atoms with Crippen molar-refractivity contribution in [2.75, 3.05) is 20.3 Å². The van der Waals surface area contributed by atoms with E-state index in [4.69, 9.17) is 14.2 Å². The van der Waals surface area contributed by atoms with Crippen LogP contribution in [0.3, 0.4) is 0 Å². The molecule has 9 nitrogen and oxygen atoms in total. The first-order valence-electron chi connectivity index (χ1n) is 8.91. The van der Waals surface area contributed by atoms with E-state index in [-0.39, 0.29) is 4.90 Å². The molecule has 0 saturated heterocycles. The molecule has 10 heteroatoms. The fourth-order valence-corrected chi connectivity index (χ4v) is 4.51. The van der Waals surface area contributed by atoms with Crippen LogP contribution in [0.25, 0.3) is 0 Å². The van der Waals surface area contributed by atoms with Crippen molar-refractivity contribution in [3.8, 4) is 11.5 Å². The first-order chi connectivity index (χ1) is 13.1. The summed E-state index contributed by atoms with van der Waals surface area (Å²) in [6.45, 7) is 2.06. The molecule has 1 N–H and O–H groups in total. The fraction of sp³-hybridized carbons (Fsp3) is 0.529. The standard InChI is InChI=1S/C17H22N4O5S/c1-24-11-16-18-17-13(4-2-7-21(17)19-16)20-27(22,23)12-5-6-14-15(10-12)26-9-3-8-25-14/h5-6,10,13,20H,2-4,7-9,11H2,1H3/t13-/m0/s1. The number of sulfonamides is 1. The van der Waals surface area contributed by atoms with Crippen LogP contribution in [0, 0.1) is 0 Å². The smallest absolute Gasteiger partial charge is 0.241 e. The number of aromatic nitrogens is 3. The molecule has 2 aliphatic heterocycles. The first kappa shape index (κ1) is 18.2. The third-order valence-electron chi connectivity index (χ3n) is 4.52. The molecule has 1 aromatic heterocycles. The molecule has 0 fully saturated rings. The molecule has 0 spiro atoms. The Morgan fingerprint density at radius 3 is 2.89 bits per heavy atom. The molecular formula is C17H22N4O5S. The molecular weight excluding hydrogens is 372 g/mol. The van der Waals surface area contributed by atoms with Gasteiger partial charge in [-0.15, -0.1) is 0 Å². The Morgan fingerprint density at radius 1 is 1.26 bits per heavy atom. The molecule has 146 valence electrons. The molecule has 2 aromatic rings. The van der Waals surface area contributed by atoms with E-state index in [9.17, 15) is 8.42 Å². The number of aryl methyl sites for hydroxylation is 1. The Kier molecular flexibility index (Phi) is 5.02. The molecule has 0 amide bonds. The highest BCUT2D eigenvalue weighted by Gasteiger charge is 2.29. The maximum absolute atomic E-state index is 12.9. The molecule has 0 unspecified atom stereocenters. The maximum Gasteiger partial charge on any atom is 0.241 e. The van der Waals surface area contributed by atoms with Crippen LogP contribution in [0.4, 0.5) is 0 Å². The summed E-state index contributed by atoms with van der Waals surface area (Å²) in [4.78, 5) is 4.58. The summed E-state index contributed by atoms with van der Waals surface area (Å²) in [6.07, 6.45) is 2.24. The van der Waals surface area contributed by atoms with E-state index < -0.39 is 16.1 Å². The highest BCUT2D eigenvalue weighted by atomic mass is 32.2. The van der Waals surface area contributed by atoms with Crippen molar-refractivity contribution in [3.05, 3.63) is 29.8 Å². The summed E-state index contributed by atoms with van der Waals surface area (Å²) in [6, 6.07) is 4.24. The van der Waals surface area contributed by atoms with Crippen LogP contribution >= 0.6 is 0 Å². The molecule has 1 aromatic carbocycles. The summed E-state index contributed by atoms with van der Waals surface area (Å²) in [5, 5.41) is 4.37. The van der Waals surface area contributed by atoms with Gasteiger partial charge < -0.3 is 14.2 Å². The third kappa shape index (κ3) is 3.78. The average molecular weight is 394 g/mol. The number of hydrogen-bond donors (Lipinski definition) is 1. The van der Waals surface area contributed by atoms with Gasteiger partial charge in [-0.2, -0.15) is 5.10 Å². The van der Waals surface area contributed by atoms with Gasteiger partial charge in [-0.1, -0.05) is 0 Å². The number of benzene rings is 1. The van der Waals surface area contributed by atoms with E-state index >= 15 is 0 Å². The lowest BCUT2D eigenvalue weighted by atomic mass is 10.1. The van der Waals surface area contributed by atoms with Crippen molar-refractivity contribution in [2.45, 2.75) is 43.4 Å². The Hall–Kier alpha value is -2.17. The SMILES string of the molecule is COCc1nc2n(n1)CCC[C@@H]2NS(=O)(=O)c1ccc2c(c1)OCCCO2. The van der Waals surface area contributed by atoms with Crippen molar-refractivity contribution in [1.29, 1.82) is 0 Å². The van der Waals surface area contributed by atoms with Gasteiger partial charge in [0.15, 0.2) is 17.3 Å². The Morgan fingerprint density at radius 2 is 2.07 bits per heavy atom. The second-order valence-corrected chi connectivity index (χ2v) is 8.23. The van der Waals surface area contributed by atoms with E-state index in [2.05, 4.69) is 14.8 Å². The van der Waals surface area contributed by atoms with Crippen molar-refractivity contribution < 1.29 is 22.6 Å². The third-order valence-corrected chi connectivity index (χ3v) is 5.99. The van der Waals surface area contributed by atoms with Gasteiger partial charge >= 0.3 is 0 Å². The Bertz CT molecular complexity index is 927. The zero-order valence-electron chi connectivity index (χ0n) is 15.1. The molecule has 0 radical (unpaired) electrons. The van der Waals surface area contributed by atoms with Crippen molar-refractivity contribution in [2.24, 2.45) is 0 Å².